The number of hydrogen-bond acceptors (Lipinski definition) is 4. The lowest BCUT2D eigenvalue weighted by molar-refractivity contribution is 0.356. The molecule has 0 amide bonds. The molecular formula is C20H19N3O3S. The highest BCUT2D eigenvalue weighted by Gasteiger charge is 2.24. The number of sulfonamides is 1. The molecule has 1 aliphatic carbocycles. The SMILES string of the molecule is O=S(=O)(Nc1ccccc1-c1n[nH]c2c1CCC2)c1ccc2c(c1)CCO2. The highest BCUT2D eigenvalue weighted by Crippen LogP contribution is 2.35. The molecule has 2 aliphatic rings. The van der Waals surface area contributed by atoms with Gasteiger partial charge >= 0.3 is 0 Å². The van der Waals surface area contributed by atoms with Crippen molar-refractivity contribution in [1.29, 1.82) is 0 Å². The topological polar surface area (TPSA) is 84.1 Å². The number of aromatic amines is 1. The van der Waals surface area contributed by atoms with Gasteiger partial charge in [0.15, 0.2) is 0 Å². The molecule has 1 aromatic heterocycles. The summed E-state index contributed by atoms with van der Waals surface area (Å²) in [6.07, 6.45) is 3.79. The molecule has 0 radical (unpaired) electrons. The first-order valence-corrected chi connectivity index (χ1v) is 10.5. The van der Waals surface area contributed by atoms with Gasteiger partial charge < -0.3 is 4.74 Å². The molecular weight excluding hydrogens is 362 g/mol. The second-order valence-corrected chi connectivity index (χ2v) is 8.58. The Morgan fingerprint density at radius 1 is 1.07 bits per heavy atom. The predicted molar refractivity (Wildman–Crippen MR) is 102 cm³/mol. The first-order valence-electron chi connectivity index (χ1n) is 9.06. The quantitative estimate of drug-likeness (QED) is 0.726. The van der Waals surface area contributed by atoms with Crippen molar-refractivity contribution in [3.05, 3.63) is 59.3 Å². The van der Waals surface area contributed by atoms with Crippen molar-refractivity contribution in [1.82, 2.24) is 10.2 Å². The fraction of sp³-hybridized carbons (Fsp3) is 0.250. The Hall–Kier alpha value is -2.80. The summed E-state index contributed by atoms with van der Waals surface area (Å²) in [6, 6.07) is 12.4. The number of H-pyrrole nitrogens is 1. The molecule has 138 valence electrons. The third-order valence-electron chi connectivity index (χ3n) is 5.20. The normalized spacial score (nSPS) is 15.3. The van der Waals surface area contributed by atoms with Crippen molar-refractivity contribution in [2.24, 2.45) is 0 Å². The Bertz CT molecular complexity index is 1140. The van der Waals surface area contributed by atoms with Gasteiger partial charge in [-0.3, -0.25) is 9.82 Å². The summed E-state index contributed by atoms with van der Waals surface area (Å²) in [5.74, 6) is 0.765. The smallest absolute Gasteiger partial charge is 0.261 e. The zero-order chi connectivity index (χ0) is 18.4. The van der Waals surface area contributed by atoms with Crippen LogP contribution in [0.3, 0.4) is 0 Å². The maximum Gasteiger partial charge on any atom is 0.261 e. The van der Waals surface area contributed by atoms with Crippen LogP contribution in [0.4, 0.5) is 5.69 Å². The van der Waals surface area contributed by atoms with Crippen LogP contribution in [0.2, 0.25) is 0 Å². The Kier molecular flexibility index (Phi) is 3.72. The van der Waals surface area contributed by atoms with E-state index >= 15 is 0 Å². The van der Waals surface area contributed by atoms with Crippen LogP contribution in [0.25, 0.3) is 11.3 Å². The molecule has 0 spiro atoms. The fourth-order valence-corrected chi connectivity index (χ4v) is 4.98. The minimum absolute atomic E-state index is 0.244. The van der Waals surface area contributed by atoms with Crippen molar-refractivity contribution >= 4 is 15.7 Å². The van der Waals surface area contributed by atoms with E-state index in [0.717, 1.165) is 53.9 Å². The molecule has 2 N–H and O–H groups in total. The predicted octanol–water partition coefficient (Wildman–Crippen LogP) is 3.30. The number of nitrogens with zero attached hydrogens (tertiary/aromatic N) is 1. The van der Waals surface area contributed by atoms with Crippen LogP contribution >= 0.6 is 0 Å². The van der Waals surface area contributed by atoms with Gasteiger partial charge in [0, 0.05) is 23.2 Å². The molecule has 0 saturated carbocycles. The van der Waals surface area contributed by atoms with Gasteiger partial charge in [-0.1, -0.05) is 18.2 Å². The first-order chi connectivity index (χ1) is 13.1. The Balaban J connectivity index is 1.52. The van der Waals surface area contributed by atoms with E-state index < -0.39 is 10.0 Å². The van der Waals surface area contributed by atoms with E-state index in [1.165, 1.54) is 5.56 Å². The molecule has 6 nitrogen and oxygen atoms in total. The second kappa shape index (κ2) is 6.13. The highest BCUT2D eigenvalue weighted by molar-refractivity contribution is 7.92. The van der Waals surface area contributed by atoms with Crippen molar-refractivity contribution < 1.29 is 13.2 Å². The molecule has 2 heterocycles. The van der Waals surface area contributed by atoms with Crippen molar-refractivity contribution in [3.8, 4) is 17.0 Å². The van der Waals surface area contributed by atoms with E-state index in [1.54, 1.807) is 24.3 Å². The molecule has 0 fully saturated rings. The van der Waals surface area contributed by atoms with E-state index in [-0.39, 0.29) is 4.90 Å². The summed E-state index contributed by atoms with van der Waals surface area (Å²) < 4.78 is 34.2. The van der Waals surface area contributed by atoms with E-state index in [2.05, 4.69) is 14.9 Å². The van der Waals surface area contributed by atoms with Crippen molar-refractivity contribution in [2.45, 2.75) is 30.6 Å². The molecule has 27 heavy (non-hydrogen) atoms. The molecule has 1 aliphatic heterocycles. The van der Waals surface area contributed by atoms with E-state index in [0.29, 0.717) is 12.3 Å². The fourth-order valence-electron chi connectivity index (χ4n) is 3.85. The molecule has 0 saturated heterocycles. The number of anilines is 1. The molecule has 2 aromatic carbocycles. The average molecular weight is 381 g/mol. The summed E-state index contributed by atoms with van der Waals surface area (Å²) in [7, 11) is -3.71. The Morgan fingerprint density at radius 2 is 1.96 bits per heavy atom. The van der Waals surface area contributed by atoms with Gasteiger partial charge in [-0.25, -0.2) is 8.42 Å². The number of rotatable bonds is 4. The van der Waals surface area contributed by atoms with Gasteiger partial charge in [0.2, 0.25) is 0 Å². The van der Waals surface area contributed by atoms with Gasteiger partial charge in [-0.2, -0.15) is 5.10 Å². The molecule has 3 aromatic rings. The largest absolute Gasteiger partial charge is 0.493 e. The summed E-state index contributed by atoms with van der Waals surface area (Å²) in [5, 5.41) is 7.54. The number of para-hydroxylation sites is 1. The summed E-state index contributed by atoms with van der Waals surface area (Å²) in [4.78, 5) is 0.244. The van der Waals surface area contributed by atoms with E-state index in [9.17, 15) is 8.42 Å². The first kappa shape index (κ1) is 16.4. The number of ether oxygens (including phenoxy) is 1. The van der Waals surface area contributed by atoms with Crippen molar-refractivity contribution in [2.75, 3.05) is 11.3 Å². The van der Waals surface area contributed by atoms with E-state index in [4.69, 9.17) is 4.74 Å². The van der Waals surface area contributed by atoms with Crippen LogP contribution in [-0.4, -0.2) is 25.2 Å². The zero-order valence-corrected chi connectivity index (χ0v) is 15.5. The van der Waals surface area contributed by atoms with Gasteiger partial charge in [0.1, 0.15) is 5.75 Å². The van der Waals surface area contributed by atoms with Gasteiger partial charge in [0.25, 0.3) is 10.0 Å². The maximum absolute atomic E-state index is 13.0. The molecule has 0 unspecified atom stereocenters. The lowest BCUT2D eigenvalue weighted by atomic mass is 10.1. The molecule has 0 bridgehead atoms. The molecule has 0 atom stereocenters. The second-order valence-electron chi connectivity index (χ2n) is 6.90. The lowest BCUT2D eigenvalue weighted by Crippen LogP contribution is -2.14. The number of fused-ring (bicyclic) bond motifs is 2. The standard InChI is InChI=1S/C20H19N3O3S/c24-27(25,14-8-9-19-13(12-14)10-11-26-19)23-18-6-2-1-4-16(18)20-15-5-3-7-17(15)21-22-20/h1-2,4,6,8-9,12,23H,3,5,7,10-11H2,(H,21,22). The minimum atomic E-state index is -3.71. The van der Waals surface area contributed by atoms with Crippen molar-refractivity contribution in [3.63, 3.8) is 0 Å². The highest BCUT2D eigenvalue weighted by atomic mass is 32.2. The monoisotopic (exact) mass is 381 g/mol. The third kappa shape index (κ3) is 2.78. The van der Waals surface area contributed by atoms with E-state index in [1.807, 2.05) is 18.2 Å². The number of aromatic nitrogens is 2. The molecule has 7 heteroatoms. The number of nitrogens with one attached hydrogen (secondary N) is 2. The summed E-state index contributed by atoms with van der Waals surface area (Å²) >= 11 is 0. The number of hydrogen-bond donors (Lipinski definition) is 2. The maximum atomic E-state index is 13.0. The van der Waals surface area contributed by atoms with Gasteiger partial charge in [-0.15, -0.1) is 0 Å². The number of aryl methyl sites for hydroxylation is 1. The third-order valence-corrected chi connectivity index (χ3v) is 6.57. The van der Waals surface area contributed by atoms with Crippen LogP contribution in [0.1, 0.15) is 23.2 Å². The number of benzene rings is 2. The van der Waals surface area contributed by atoms with Crippen LogP contribution < -0.4 is 9.46 Å². The summed E-state index contributed by atoms with van der Waals surface area (Å²) in [6.45, 7) is 0.597. The van der Waals surface area contributed by atoms with Gasteiger partial charge in [0.05, 0.1) is 22.9 Å². The zero-order valence-electron chi connectivity index (χ0n) is 14.7. The lowest BCUT2D eigenvalue weighted by Gasteiger charge is -2.13. The minimum Gasteiger partial charge on any atom is -0.493 e. The molecule has 5 rings (SSSR count). The Morgan fingerprint density at radius 3 is 2.89 bits per heavy atom. The van der Waals surface area contributed by atoms with Crippen LogP contribution in [-0.2, 0) is 29.3 Å². The van der Waals surface area contributed by atoms with Crippen LogP contribution in [0, 0.1) is 0 Å². The van der Waals surface area contributed by atoms with Crippen LogP contribution in [0.5, 0.6) is 5.75 Å². The Labute approximate surface area is 157 Å². The average Bonchev–Trinajstić information content (AvgIpc) is 3.38. The van der Waals surface area contributed by atoms with Crippen LogP contribution in [0.15, 0.2) is 47.4 Å². The van der Waals surface area contributed by atoms with Gasteiger partial charge in [-0.05, 0) is 49.1 Å². The summed E-state index contributed by atoms with van der Waals surface area (Å²) in [5.41, 5.74) is 5.44.